The highest BCUT2D eigenvalue weighted by Crippen LogP contribution is 2.29. The van der Waals surface area contributed by atoms with Crippen LogP contribution in [0.25, 0.3) is 0 Å². The molecule has 0 saturated heterocycles. The Labute approximate surface area is 131 Å². The minimum atomic E-state index is -0.121. The number of alkyl halides is 1. The number of benzene rings is 1. The van der Waals surface area contributed by atoms with E-state index in [9.17, 15) is 4.79 Å². The van der Waals surface area contributed by atoms with E-state index >= 15 is 0 Å². The van der Waals surface area contributed by atoms with E-state index in [1.54, 1.807) is 0 Å². The van der Waals surface area contributed by atoms with Crippen LogP contribution in [0.5, 0.6) is 0 Å². The molecular formula is C15H20Cl2NO2-. The van der Waals surface area contributed by atoms with Crippen LogP contribution in [-0.2, 0) is 16.1 Å². The summed E-state index contributed by atoms with van der Waals surface area (Å²) >= 11 is 6.07. The summed E-state index contributed by atoms with van der Waals surface area (Å²) in [6.45, 7) is 4.83. The van der Waals surface area contributed by atoms with E-state index in [4.69, 9.17) is 16.3 Å². The maximum Gasteiger partial charge on any atom is 0.307 e. The fourth-order valence-corrected chi connectivity index (χ4v) is 2.84. The average molecular weight is 317 g/mol. The molecular weight excluding hydrogens is 297 g/mol. The van der Waals surface area contributed by atoms with Gasteiger partial charge in [0.1, 0.15) is 0 Å². The van der Waals surface area contributed by atoms with Crippen molar-refractivity contribution in [1.82, 2.24) is 4.90 Å². The van der Waals surface area contributed by atoms with Gasteiger partial charge in [0.05, 0.1) is 13.0 Å². The fraction of sp³-hybridized carbons (Fsp3) is 0.533. The quantitative estimate of drug-likeness (QED) is 0.556. The highest BCUT2D eigenvalue weighted by atomic mass is 35.5. The second kappa shape index (κ2) is 8.50. The Kier molecular flexibility index (Phi) is 7.35. The van der Waals surface area contributed by atoms with Crippen LogP contribution in [0.2, 0.25) is 0 Å². The summed E-state index contributed by atoms with van der Waals surface area (Å²) in [6.07, 6.45) is 0.449. The van der Waals surface area contributed by atoms with E-state index in [0.29, 0.717) is 24.8 Å². The van der Waals surface area contributed by atoms with Crippen LogP contribution < -0.4 is 12.4 Å². The zero-order valence-electron chi connectivity index (χ0n) is 11.6. The van der Waals surface area contributed by atoms with Crippen LogP contribution in [-0.4, -0.2) is 36.4 Å². The first-order valence-electron chi connectivity index (χ1n) is 6.76. The number of esters is 1. The molecule has 5 heteroatoms. The molecule has 3 nitrogen and oxygen atoms in total. The molecule has 20 heavy (non-hydrogen) atoms. The Bertz CT molecular complexity index is 440. The minimum Gasteiger partial charge on any atom is -1.00 e. The summed E-state index contributed by atoms with van der Waals surface area (Å²) < 4.78 is 4.96. The predicted octanol–water partition coefficient (Wildman–Crippen LogP) is -0.218. The molecule has 0 spiro atoms. The van der Waals surface area contributed by atoms with Crippen LogP contribution >= 0.6 is 11.6 Å². The van der Waals surface area contributed by atoms with E-state index in [-0.39, 0.29) is 18.4 Å². The van der Waals surface area contributed by atoms with E-state index in [2.05, 4.69) is 29.2 Å². The molecule has 0 bridgehead atoms. The number of hydrogen-bond donors (Lipinski definition) is 0. The van der Waals surface area contributed by atoms with Crippen LogP contribution in [0, 0.1) is 0 Å². The van der Waals surface area contributed by atoms with Gasteiger partial charge in [0, 0.05) is 31.4 Å². The van der Waals surface area contributed by atoms with Gasteiger partial charge in [-0.1, -0.05) is 24.3 Å². The number of carbonyl (C=O) groups excluding carboxylic acids is 1. The highest BCUT2D eigenvalue weighted by molar-refractivity contribution is 6.18. The van der Waals surface area contributed by atoms with Crippen molar-refractivity contribution in [1.29, 1.82) is 0 Å². The topological polar surface area (TPSA) is 29.5 Å². The van der Waals surface area contributed by atoms with Crippen LogP contribution in [0.1, 0.15) is 30.4 Å². The second-order valence-corrected chi connectivity index (χ2v) is 5.15. The Balaban J connectivity index is 0.00000200. The molecule has 0 radical (unpaired) electrons. The lowest BCUT2D eigenvalue weighted by Gasteiger charge is -2.33. The molecule has 2 rings (SSSR count). The zero-order chi connectivity index (χ0) is 13.7. The van der Waals surface area contributed by atoms with Crippen LogP contribution in [0.3, 0.4) is 0 Å². The lowest BCUT2D eigenvalue weighted by atomic mass is 9.91. The number of carbonyl (C=O) groups is 1. The molecule has 0 N–H and O–H groups in total. The van der Waals surface area contributed by atoms with Crippen molar-refractivity contribution in [3.8, 4) is 0 Å². The summed E-state index contributed by atoms with van der Waals surface area (Å²) in [4.78, 5) is 13.7. The summed E-state index contributed by atoms with van der Waals surface area (Å²) in [5.41, 5.74) is 2.67. The third-order valence-electron chi connectivity index (χ3n) is 3.49. The van der Waals surface area contributed by atoms with Crippen molar-refractivity contribution in [2.24, 2.45) is 0 Å². The molecule has 1 aromatic carbocycles. The number of halogens is 2. The maximum absolute atomic E-state index is 11.4. The molecule has 1 aliphatic rings. The van der Waals surface area contributed by atoms with E-state index in [1.807, 2.05) is 6.92 Å². The second-order valence-electron chi connectivity index (χ2n) is 4.84. The van der Waals surface area contributed by atoms with Gasteiger partial charge in [0.25, 0.3) is 0 Å². The van der Waals surface area contributed by atoms with Gasteiger partial charge in [0.2, 0.25) is 0 Å². The molecule has 0 fully saturated rings. The third-order valence-corrected chi connectivity index (χ3v) is 3.86. The zero-order valence-corrected chi connectivity index (χ0v) is 13.2. The number of ether oxygens (including phenoxy) is 1. The van der Waals surface area contributed by atoms with Crippen LogP contribution in [0.15, 0.2) is 24.3 Å². The Hall–Kier alpha value is -0.770. The Morgan fingerprint density at radius 3 is 2.90 bits per heavy atom. The molecule has 112 valence electrons. The van der Waals surface area contributed by atoms with E-state index in [1.165, 1.54) is 11.1 Å². The molecule has 1 atom stereocenters. The maximum atomic E-state index is 11.4. The lowest BCUT2D eigenvalue weighted by Crippen LogP contribution is -3.00. The van der Waals surface area contributed by atoms with Crippen molar-refractivity contribution < 1.29 is 21.9 Å². The van der Waals surface area contributed by atoms with Gasteiger partial charge >= 0.3 is 5.97 Å². The largest absolute Gasteiger partial charge is 1.00 e. The standard InChI is InChI=1S/C15H20ClNO2.ClH/c1-2-19-15(18)7-8-17-10-12-5-3-4-6-14(12)13(9-16)11-17;/h3-6,13H,2,7-11H2,1H3;1H/p-1. The van der Waals surface area contributed by atoms with Gasteiger partial charge in [0.15, 0.2) is 0 Å². The van der Waals surface area contributed by atoms with Gasteiger partial charge in [-0.2, -0.15) is 0 Å². The van der Waals surface area contributed by atoms with Crippen molar-refractivity contribution >= 4 is 17.6 Å². The Morgan fingerprint density at radius 2 is 2.20 bits per heavy atom. The van der Waals surface area contributed by atoms with Gasteiger partial charge in [-0.25, -0.2) is 0 Å². The highest BCUT2D eigenvalue weighted by Gasteiger charge is 2.24. The molecule has 1 heterocycles. The van der Waals surface area contributed by atoms with Crippen molar-refractivity contribution in [3.05, 3.63) is 35.4 Å². The van der Waals surface area contributed by atoms with Gasteiger partial charge in [-0.05, 0) is 18.1 Å². The summed E-state index contributed by atoms with van der Waals surface area (Å²) in [5.74, 6) is 0.852. The summed E-state index contributed by atoms with van der Waals surface area (Å²) in [7, 11) is 0. The summed E-state index contributed by atoms with van der Waals surface area (Å²) in [6, 6.07) is 8.42. The van der Waals surface area contributed by atoms with Gasteiger partial charge < -0.3 is 17.1 Å². The monoisotopic (exact) mass is 316 g/mol. The Morgan fingerprint density at radius 1 is 1.45 bits per heavy atom. The van der Waals surface area contributed by atoms with Gasteiger partial charge in [-0.15, -0.1) is 11.6 Å². The first kappa shape index (κ1) is 17.3. The fourth-order valence-electron chi connectivity index (χ4n) is 2.58. The van der Waals surface area contributed by atoms with Crippen molar-refractivity contribution in [2.75, 3.05) is 25.6 Å². The molecule has 0 aliphatic carbocycles. The summed E-state index contributed by atoms with van der Waals surface area (Å²) in [5, 5.41) is 0. The number of hydrogen-bond acceptors (Lipinski definition) is 3. The first-order valence-corrected chi connectivity index (χ1v) is 7.29. The molecule has 1 aromatic rings. The number of nitrogens with zero attached hydrogens (tertiary/aromatic N) is 1. The molecule has 0 saturated carbocycles. The SMILES string of the molecule is CCOC(=O)CCN1Cc2ccccc2C(CCl)C1.[Cl-]. The third kappa shape index (κ3) is 4.37. The smallest absolute Gasteiger partial charge is 0.307 e. The van der Waals surface area contributed by atoms with Crippen molar-refractivity contribution in [3.63, 3.8) is 0 Å². The predicted molar refractivity (Wildman–Crippen MR) is 76.4 cm³/mol. The minimum absolute atomic E-state index is 0. The molecule has 0 aromatic heterocycles. The van der Waals surface area contributed by atoms with Crippen molar-refractivity contribution in [2.45, 2.75) is 25.8 Å². The first-order chi connectivity index (χ1) is 9.24. The number of fused-ring (bicyclic) bond motifs is 1. The van der Waals surface area contributed by atoms with Crippen LogP contribution in [0.4, 0.5) is 0 Å². The average Bonchev–Trinajstić information content (AvgIpc) is 2.44. The van der Waals surface area contributed by atoms with E-state index in [0.717, 1.165) is 19.6 Å². The lowest BCUT2D eigenvalue weighted by molar-refractivity contribution is -0.143. The molecule has 0 amide bonds. The van der Waals surface area contributed by atoms with E-state index < -0.39 is 0 Å². The molecule has 1 unspecified atom stereocenters. The van der Waals surface area contributed by atoms with Gasteiger partial charge in [-0.3, -0.25) is 9.69 Å². The normalized spacial score (nSPS) is 18.0. The molecule has 1 aliphatic heterocycles. The number of rotatable bonds is 5.